The highest BCUT2D eigenvalue weighted by Crippen LogP contribution is 2.32. The summed E-state index contributed by atoms with van der Waals surface area (Å²) in [5, 5.41) is 3.44. The molecule has 4 nitrogen and oxygen atoms in total. The molecule has 2 rings (SSSR count). The monoisotopic (exact) mass is 306 g/mol. The van der Waals surface area contributed by atoms with Crippen molar-refractivity contribution in [3.63, 3.8) is 0 Å². The van der Waals surface area contributed by atoms with E-state index >= 15 is 0 Å². The summed E-state index contributed by atoms with van der Waals surface area (Å²) in [6.07, 6.45) is 5.02. The van der Waals surface area contributed by atoms with Crippen molar-refractivity contribution in [2.75, 3.05) is 40.4 Å². The maximum absolute atomic E-state index is 5.45. The predicted molar refractivity (Wildman–Crippen MR) is 90.9 cm³/mol. The minimum Gasteiger partial charge on any atom is -0.497 e. The van der Waals surface area contributed by atoms with Crippen LogP contribution in [-0.4, -0.2) is 45.3 Å². The number of nitrogens with one attached hydrogen (secondary N) is 1. The van der Waals surface area contributed by atoms with Gasteiger partial charge in [-0.1, -0.05) is 26.2 Å². The molecule has 0 saturated carbocycles. The summed E-state index contributed by atoms with van der Waals surface area (Å²) >= 11 is 0. The molecule has 0 aromatic heterocycles. The zero-order valence-electron chi connectivity index (χ0n) is 14.2. The molecule has 1 aliphatic heterocycles. The SMILES string of the molecule is CCCCC[C@H](c1cc(OC)cc(OC)c1)N1CCNCC1. The van der Waals surface area contributed by atoms with Crippen molar-refractivity contribution in [2.24, 2.45) is 0 Å². The van der Waals surface area contributed by atoms with E-state index in [2.05, 4.69) is 29.3 Å². The Hall–Kier alpha value is -1.26. The van der Waals surface area contributed by atoms with Crippen molar-refractivity contribution >= 4 is 0 Å². The number of nitrogens with zero attached hydrogens (tertiary/aromatic N) is 1. The Bertz CT molecular complexity index is 422. The third kappa shape index (κ3) is 4.62. The lowest BCUT2D eigenvalue weighted by atomic mass is 9.97. The summed E-state index contributed by atoms with van der Waals surface area (Å²) in [5.41, 5.74) is 1.31. The highest BCUT2D eigenvalue weighted by molar-refractivity contribution is 5.40. The molecule has 0 bridgehead atoms. The van der Waals surface area contributed by atoms with Crippen LogP contribution in [0, 0.1) is 0 Å². The number of rotatable bonds is 8. The van der Waals surface area contributed by atoms with E-state index in [0.29, 0.717) is 6.04 Å². The average molecular weight is 306 g/mol. The molecule has 0 amide bonds. The summed E-state index contributed by atoms with van der Waals surface area (Å²) in [7, 11) is 3.44. The summed E-state index contributed by atoms with van der Waals surface area (Å²) < 4.78 is 10.9. The van der Waals surface area contributed by atoms with E-state index < -0.39 is 0 Å². The van der Waals surface area contributed by atoms with E-state index in [1.807, 2.05) is 6.07 Å². The Morgan fingerprint density at radius 1 is 1.05 bits per heavy atom. The van der Waals surface area contributed by atoms with Crippen molar-refractivity contribution in [2.45, 2.75) is 38.6 Å². The van der Waals surface area contributed by atoms with Crippen LogP contribution in [0.4, 0.5) is 0 Å². The number of piperazine rings is 1. The van der Waals surface area contributed by atoms with Crippen LogP contribution in [-0.2, 0) is 0 Å². The molecule has 22 heavy (non-hydrogen) atoms. The van der Waals surface area contributed by atoms with Gasteiger partial charge < -0.3 is 14.8 Å². The second-order valence-corrected chi connectivity index (χ2v) is 5.94. The fourth-order valence-electron chi connectivity index (χ4n) is 3.16. The van der Waals surface area contributed by atoms with Gasteiger partial charge in [0.1, 0.15) is 11.5 Å². The molecule has 1 heterocycles. The number of methoxy groups -OCH3 is 2. The van der Waals surface area contributed by atoms with Gasteiger partial charge in [0.15, 0.2) is 0 Å². The molecule has 1 aliphatic rings. The van der Waals surface area contributed by atoms with Crippen LogP contribution in [0.15, 0.2) is 18.2 Å². The molecule has 0 radical (unpaired) electrons. The van der Waals surface area contributed by atoms with E-state index in [-0.39, 0.29) is 0 Å². The van der Waals surface area contributed by atoms with Crippen LogP contribution in [0.2, 0.25) is 0 Å². The zero-order valence-corrected chi connectivity index (χ0v) is 14.2. The highest BCUT2D eigenvalue weighted by atomic mass is 16.5. The van der Waals surface area contributed by atoms with Crippen LogP contribution in [0.25, 0.3) is 0 Å². The minimum atomic E-state index is 0.456. The first-order valence-corrected chi connectivity index (χ1v) is 8.46. The summed E-state index contributed by atoms with van der Waals surface area (Å²) in [5.74, 6) is 1.76. The van der Waals surface area contributed by atoms with Gasteiger partial charge in [0.2, 0.25) is 0 Å². The Labute approximate surface area is 134 Å². The average Bonchev–Trinajstić information content (AvgIpc) is 2.59. The number of hydrogen-bond acceptors (Lipinski definition) is 4. The topological polar surface area (TPSA) is 33.7 Å². The lowest BCUT2D eigenvalue weighted by Gasteiger charge is -2.35. The van der Waals surface area contributed by atoms with E-state index in [1.54, 1.807) is 14.2 Å². The lowest BCUT2D eigenvalue weighted by Crippen LogP contribution is -2.45. The third-order valence-corrected chi connectivity index (χ3v) is 4.43. The number of benzene rings is 1. The first-order chi connectivity index (χ1) is 10.8. The summed E-state index contributed by atoms with van der Waals surface area (Å²) in [6, 6.07) is 6.74. The zero-order chi connectivity index (χ0) is 15.8. The van der Waals surface area contributed by atoms with Crippen molar-refractivity contribution in [3.05, 3.63) is 23.8 Å². The van der Waals surface area contributed by atoms with Crippen LogP contribution in [0.1, 0.15) is 44.2 Å². The van der Waals surface area contributed by atoms with E-state index in [0.717, 1.165) is 37.7 Å². The smallest absolute Gasteiger partial charge is 0.122 e. The number of ether oxygens (including phenoxy) is 2. The maximum Gasteiger partial charge on any atom is 0.122 e. The van der Waals surface area contributed by atoms with Gasteiger partial charge in [0.25, 0.3) is 0 Å². The fourth-order valence-corrected chi connectivity index (χ4v) is 3.16. The molecule has 1 fully saturated rings. The van der Waals surface area contributed by atoms with E-state index in [1.165, 1.54) is 31.2 Å². The molecule has 1 N–H and O–H groups in total. The first-order valence-electron chi connectivity index (χ1n) is 8.46. The van der Waals surface area contributed by atoms with Crippen molar-refractivity contribution in [1.29, 1.82) is 0 Å². The molecule has 1 saturated heterocycles. The van der Waals surface area contributed by atoms with Gasteiger partial charge in [-0.05, 0) is 24.1 Å². The number of unbranched alkanes of at least 4 members (excludes halogenated alkanes) is 2. The van der Waals surface area contributed by atoms with Gasteiger partial charge >= 0.3 is 0 Å². The van der Waals surface area contributed by atoms with Crippen LogP contribution < -0.4 is 14.8 Å². The van der Waals surface area contributed by atoms with Crippen molar-refractivity contribution in [3.8, 4) is 11.5 Å². The molecular weight excluding hydrogens is 276 g/mol. The van der Waals surface area contributed by atoms with Gasteiger partial charge in [0.05, 0.1) is 14.2 Å². The molecule has 0 aliphatic carbocycles. The van der Waals surface area contributed by atoms with Gasteiger partial charge in [-0.25, -0.2) is 0 Å². The largest absolute Gasteiger partial charge is 0.497 e. The Kier molecular flexibility index (Phi) is 7.00. The molecule has 1 aromatic rings. The number of hydrogen-bond donors (Lipinski definition) is 1. The molecule has 124 valence electrons. The van der Waals surface area contributed by atoms with Crippen molar-refractivity contribution in [1.82, 2.24) is 10.2 Å². The van der Waals surface area contributed by atoms with Crippen LogP contribution >= 0.6 is 0 Å². The van der Waals surface area contributed by atoms with Gasteiger partial charge in [-0.15, -0.1) is 0 Å². The third-order valence-electron chi connectivity index (χ3n) is 4.43. The Morgan fingerprint density at radius 3 is 2.23 bits per heavy atom. The second kappa shape index (κ2) is 9.01. The molecule has 0 spiro atoms. The summed E-state index contributed by atoms with van der Waals surface area (Å²) in [6.45, 7) is 6.62. The Balaban J connectivity index is 2.21. The van der Waals surface area contributed by atoms with Crippen LogP contribution in [0.5, 0.6) is 11.5 Å². The van der Waals surface area contributed by atoms with E-state index in [4.69, 9.17) is 9.47 Å². The Morgan fingerprint density at radius 2 is 1.68 bits per heavy atom. The van der Waals surface area contributed by atoms with Gasteiger partial charge in [-0.3, -0.25) is 4.90 Å². The van der Waals surface area contributed by atoms with Crippen LogP contribution in [0.3, 0.4) is 0 Å². The second-order valence-electron chi connectivity index (χ2n) is 5.94. The molecule has 4 heteroatoms. The lowest BCUT2D eigenvalue weighted by molar-refractivity contribution is 0.162. The van der Waals surface area contributed by atoms with Gasteiger partial charge in [-0.2, -0.15) is 0 Å². The molecule has 1 aromatic carbocycles. The fraction of sp³-hybridized carbons (Fsp3) is 0.667. The highest BCUT2D eigenvalue weighted by Gasteiger charge is 2.22. The molecule has 1 atom stereocenters. The molecular formula is C18H30N2O2. The first kappa shape index (κ1) is 17.1. The quantitative estimate of drug-likeness (QED) is 0.748. The summed E-state index contributed by atoms with van der Waals surface area (Å²) in [4.78, 5) is 2.60. The van der Waals surface area contributed by atoms with E-state index in [9.17, 15) is 0 Å². The van der Waals surface area contributed by atoms with Crippen molar-refractivity contribution < 1.29 is 9.47 Å². The predicted octanol–water partition coefficient (Wildman–Crippen LogP) is 3.23. The maximum atomic E-state index is 5.45. The van der Waals surface area contributed by atoms with Gasteiger partial charge in [0, 0.05) is 38.3 Å². The normalized spacial score (nSPS) is 17.2. The standard InChI is InChI=1S/C18H30N2O2/c1-4-5-6-7-18(20-10-8-19-9-11-20)15-12-16(21-2)14-17(13-15)22-3/h12-14,18-19H,4-11H2,1-3H3/t18-/m1/s1. The minimum absolute atomic E-state index is 0.456. The molecule has 0 unspecified atom stereocenters.